The normalized spacial score (nSPS) is 11.7. The second-order valence-corrected chi connectivity index (χ2v) is 8.08. The number of rotatable bonds is 8. The van der Waals surface area contributed by atoms with Crippen molar-refractivity contribution in [1.82, 2.24) is 5.32 Å². The van der Waals surface area contributed by atoms with Gasteiger partial charge in [0.1, 0.15) is 17.1 Å². The number of halogens is 1. The predicted molar refractivity (Wildman–Crippen MR) is 106 cm³/mol. The Labute approximate surface area is 166 Å². The highest BCUT2D eigenvalue weighted by Gasteiger charge is 2.35. The highest BCUT2D eigenvalue weighted by Crippen LogP contribution is 2.35. The lowest BCUT2D eigenvalue weighted by Gasteiger charge is -2.29. The molecule has 0 heterocycles. The smallest absolute Gasteiger partial charge is 0.350 e. The van der Waals surface area contributed by atoms with Crippen molar-refractivity contribution in [2.24, 2.45) is 0 Å². The minimum atomic E-state index is -1.27. The van der Waals surface area contributed by atoms with Crippen LogP contribution in [-0.2, 0) is 9.53 Å². The number of esters is 1. The number of unbranched alkanes of at least 4 members (excludes halogenated alkanes) is 1. The Balaban J connectivity index is 3.17. The molecule has 27 heavy (non-hydrogen) atoms. The first-order chi connectivity index (χ1) is 12.4. The summed E-state index contributed by atoms with van der Waals surface area (Å²) in [5.74, 6) is -0.245. The summed E-state index contributed by atoms with van der Waals surface area (Å²) in [5, 5.41) is 2.76. The standard InChI is InChI=1S/C20H30ClNO5/c1-8-9-10-25-15-12-16(14(21)11-13(15)17(23)22-7)26-20(5,6)18(24)27-19(2,3)4/h11-12H,8-10H2,1-7H3,(H,22,23). The van der Waals surface area contributed by atoms with Gasteiger partial charge in [0, 0.05) is 13.1 Å². The number of hydrogen-bond acceptors (Lipinski definition) is 5. The molecule has 1 aromatic carbocycles. The van der Waals surface area contributed by atoms with Crippen molar-refractivity contribution in [2.45, 2.75) is 65.6 Å². The van der Waals surface area contributed by atoms with Crippen LogP contribution in [0.25, 0.3) is 0 Å². The third-order valence-corrected chi connectivity index (χ3v) is 3.81. The highest BCUT2D eigenvalue weighted by molar-refractivity contribution is 6.32. The van der Waals surface area contributed by atoms with Crippen molar-refractivity contribution in [1.29, 1.82) is 0 Å². The van der Waals surface area contributed by atoms with Crippen LogP contribution in [0, 0.1) is 0 Å². The number of carbonyl (C=O) groups excluding carboxylic acids is 2. The van der Waals surface area contributed by atoms with Gasteiger partial charge in [-0.3, -0.25) is 4.79 Å². The molecule has 0 unspecified atom stereocenters. The maximum Gasteiger partial charge on any atom is 0.350 e. The van der Waals surface area contributed by atoms with E-state index in [4.69, 9.17) is 25.8 Å². The molecule has 6 nitrogen and oxygen atoms in total. The van der Waals surface area contributed by atoms with Crippen LogP contribution in [0.4, 0.5) is 0 Å². The largest absolute Gasteiger partial charge is 0.493 e. The zero-order valence-corrected chi connectivity index (χ0v) is 18.0. The van der Waals surface area contributed by atoms with Crippen LogP contribution >= 0.6 is 11.6 Å². The topological polar surface area (TPSA) is 73.9 Å². The molecule has 152 valence electrons. The number of hydrogen-bond donors (Lipinski definition) is 1. The molecule has 0 radical (unpaired) electrons. The van der Waals surface area contributed by atoms with E-state index in [0.29, 0.717) is 17.9 Å². The monoisotopic (exact) mass is 399 g/mol. The van der Waals surface area contributed by atoms with Crippen LogP contribution in [-0.4, -0.2) is 36.7 Å². The molecule has 0 aliphatic carbocycles. The van der Waals surface area contributed by atoms with Gasteiger partial charge in [-0.2, -0.15) is 0 Å². The van der Waals surface area contributed by atoms with E-state index in [9.17, 15) is 9.59 Å². The molecule has 0 bridgehead atoms. The first-order valence-electron chi connectivity index (χ1n) is 9.02. The van der Waals surface area contributed by atoms with E-state index >= 15 is 0 Å². The first kappa shape index (κ1) is 23.1. The molecule has 0 fully saturated rings. The molecule has 0 aromatic heterocycles. The SMILES string of the molecule is CCCCOc1cc(OC(C)(C)C(=O)OC(C)(C)C)c(Cl)cc1C(=O)NC. The van der Waals surface area contributed by atoms with Crippen molar-refractivity contribution in [3.8, 4) is 11.5 Å². The van der Waals surface area contributed by atoms with Gasteiger partial charge in [0.15, 0.2) is 5.60 Å². The molecule has 0 atom stereocenters. The predicted octanol–water partition coefficient (Wildman–Crippen LogP) is 4.38. The first-order valence-corrected chi connectivity index (χ1v) is 9.40. The third-order valence-electron chi connectivity index (χ3n) is 3.52. The quantitative estimate of drug-likeness (QED) is 0.518. The fourth-order valence-corrected chi connectivity index (χ4v) is 2.29. The molecule has 1 N–H and O–H groups in total. The molecule has 0 aliphatic rings. The summed E-state index contributed by atoms with van der Waals surface area (Å²) in [6.45, 7) is 11.0. The fraction of sp³-hybridized carbons (Fsp3) is 0.600. The molecular formula is C20H30ClNO5. The summed E-state index contributed by atoms with van der Waals surface area (Å²) < 4.78 is 17.0. The van der Waals surface area contributed by atoms with E-state index in [1.165, 1.54) is 19.2 Å². The van der Waals surface area contributed by atoms with Crippen LogP contribution in [0.1, 0.15) is 64.7 Å². The zero-order chi connectivity index (χ0) is 20.8. The van der Waals surface area contributed by atoms with Gasteiger partial charge in [0.25, 0.3) is 5.91 Å². The number of ether oxygens (including phenoxy) is 3. The van der Waals surface area contributed by atoms with E-state index in [1.807, 2.05) is 6.92 Å². The van der Waals surface area contributed by atoms with Crippen LogP contribution in [0.15, 0.2) is 12.1 Å². The second-order valence-electron chi connectivity index (χ2n) is 7.67. The Kier molecular flexibility index (Phi) is 7.96. The van der Waals surface area contributed by atoms with Gasteiger partial charge in [-0.1, -0.05) is 24.9 Å². The van der Waals surface area contributed by atoms with E-state index in [0.717, 1.165) is 12.8 Å². The maximum absolute atomic E-state index is 12.4. The second kappa shape index (κ2) is 9.31. The van der Waals surface area contributed by atoms with Crippen molar-refractivity contribution in [3.05, 3.63) is 22.7 Å². The van der Waals surface area contributed by atoms with E-state index < -0.39 is 17.2 Å². The Morgan fingerprint density at radius 1 is 1.11 bits per heavy atom. The van der Waals surface area contributed by atoms with Gasteiger partial charge >= 0.3 is 5.97 Å². The molecule has 0 aliphatic heterocycles. The van der Waals surface area contributed by atoms with Gasteiger partial charge in [0.05, 0.1) is 17.2 Å². The molecule has 0 saturated carbocycles. The number of amides is 1. The number of benzene rings is 1. The lowest BCUT2D eigenvalue weighted by molar-refractivity contribution is -0.170. The van der Waals surface area contributed by atoms with Crippen LogP contribution < -0.4 is 14.8 Å². The molecule has 1 aromatic rings. The van der Waals surface area contributed by atoms with Crippen molar-refractivity contribution in [2.75, 3.05) is 13.7 Å². The van der Waals surface area contributed by atoms with E-state index in [1.54, 1.807) is 34.6 Å². The van der Waals surface area contributed by atoms with E-state index in [-0.39, 0.29) is 16.7 Å². The molecule has 1 rings (SSSR count). The molecule has 1 amide bonds. The third kappa shape index (κ3) is 6.94. The highest BCUT2D eigenvalue weighted by atomic mass is 35.5. The zero-order valence-electron chi connectivity index (χ0n) is 17.2. The Morgan fingerprint density at radius 3 is 2.26 bits per heavy atom. The van der Waals surface area contributed by atoms with Gasteiger partial charge in [-0.15, -0.1) is 0 Å². The minimum absolute atomic E-state index is 0.202. The van der Waals surface area contributed by atoms with Crippen molar-refractivity contribution in [3.63, 3.8) is 0 Å². The minimum Gasteiger partial charge on any atom is -0.493 e. The average Bonchev–Trinajstić information content (AvgIpc) is 2.55. The Morgan fingerprint density at radius 2 is 1.74 bits per heavy atom. The maximum atomic E-state index is 12.4. The summed E-state index contributed by atoms with van der Waals surface area (Å²) in [5.41, 5.74) is -1.61. The summed E-state index contributed by atoms with van der Waals surface area (Å²) in [4.78, 5) is 24.5. The van der Waals surface area contributed by atoms with E-state index in [2.05, 4.69) is 5.32 Å². The van der Waals surface area contributed by atoms with Crippen LogP contribution in [0.5, 0.6) is 11.5 Å². The summed E-state index contributed by atoms with van der Waals surface area (Å²) >= 11 is 6.29. The van der Waals surface area contributed by atoms with Gasteiger partial charge in [-0.25, -0.2) is 4.79 Å². The van der Waals surface area contributed by atoms with Crippen molar-refractivity contribution < 1.29 is 23.8 Å². The van der Waals surface area contributed by atoms with Crippen molar-refractivity contribution >= 4 is 23.5 Å². The van der Waals surface area contributed by atoms with Gasteiger partial charge < -0.3 is 19.5 Å². The summed E-state index contributed by atoms with van der Waals surface area (Å²) in [7, 11) is 1.53. The molecule has 0 spiro atoms. The molecular weight excluding hydrogens is 370 g/mol. The summed E-state index contributed by atoms with van der Waals surface area (Å²) in [6, 6.07) is 3.01. The van der Waals surface area contributed by atoms with Crippen LogP contribution in [0.3, 0.4) is 0 Å². The molecule has 0 saturated heterocycles. The fourth-order valence-electron chi connectivity index (χ4n) is 2.09. The lowest BCUT2D eigenvalue weighted by atomic mass is 10.1. The van der Waals surface area contributed by atoms with Gasteiger partial charge in [0.2, 0.25) is 0 Å². The number of nitrogens with one attached hydrogen (secondary N) is 1. The average molecular weight is 400 g/mol. The summed E-state index contributed by atoms with van der Waals surface area (Å²) in [6.07, 6.45) is 1.80. The molecule has 7 heteroatoms. The van der Waals surface area contributed by atoms with Crippen LogP contribution in [0.2, 0.25) is 5.02 Å². The lowest BCUT2D eigenvalue weighted by Crippen LogP contribution is -2.43. The Bertz CT molecular complexity index is 680. The Hall–Kier alpha value is -1.95. The van der Waals surface area contributed by atoms with Gasteiger partial charge in [-0.05, 0) is 47.1 Å². The number of carbonyl (C=O) groups is 2.